The van der Waals surface area contributed by atoms with Crippen molar-refractivity contribution in [2.24, 2.45) is 0 Å². The average molecular weight is 384 g/mol. The number of fused-ring (bicyclic) bond motifs is 1. The van der Waals surface area contributed by atoms with E-state index in [-0.39, 0.29) is 12.5 Å². The zero-order valence-electron chi connectivity index (χ0n) is 14.8. The van der Waals surface area contributed by atoms with Crippen molar-refractivity contribution in [3.8, 4) is 0 Å². The maximum atomic E-state index is 12.2. The predicted octanol–water partition coefficient (Wildman–Crippen LogP) is 4.28. The predicted molar refractivity (Wildman–Crippen MR) is 108 cm³/mol. The number of hydrogen-bond donors (Lipinski definition) is 2. The van der Waals surface area contributed by atoms with Crippen molar-refractivity contribution in [3.63, 3.8) is 0 Å². The van der Waals surface area contributed by atoms with Gasteiger partial charge in [-0.15, -0.1) is 11.6 Å². The first-order valence-electron chi connectivity index (χ1n) is 8.84. The Morgan fingerprint density at radius 1 is 0.963 bits per heavy atom. The van der Waals surface area contributed by atoms with E-state index >= 15 is 0 Å². The molecule has 140 valence electrons. The molecule has 0 spiro atoms. The second-order valence-corrected chi connectivity index (χ2v) is 6.73. The molecule has 27 heavy (non-hydrogen) atoms. The van der Waals surface area contributed by atoms with Crippen molar-refractivity contribution in [1.82, 2.24) is 5.32 Å². The van der Waals surface area contributed by atoms with Gasteiger partial charge in [0, 0.05) is 0 Å². The van der Waals surface area contributed by atoms with Crippen molar-refractivity contribution in [3.05, 3.63) is 83.9 Å². The third-order valence-electron chi connectivity index (χ3n) is 4.41. The molecule has 0 unspecified atom stereocenters. The third kappa shape index (κ3) is 5.46. The highest BCUT2D eigenvalue weighted by Gasteiger charge is 2.22. The Kier molecular flexibility index (Phi) is 6.69. The van der Waals surface area contributed by atoms with Crippen LogP contribution < -0.4 is 5.32 Å². The lowest BCUT2D eigenvalue weighted by Crippen LogP contribution is -2.45. The van der Waals surface area contributed by atoms with Gasteiger partial charge in [-0.25, -0.2) is 4.79 Å². The fourth-order valence-electron chi connectivity index (χ4n) is 2.93. The first kappa shape index (κ1) is 19.2. The topological polar surface area (TPSA) is 58.6 Å². The van der Waals surface area contributed by atoms with Crippen LogP contribution >= 0.6 is 11.6 Å². The van der Waals surface area contributed by atoms with Gasteiger partial charge in [-0.2, -0.15) is 0 Å². The monoisotopic (exact) mass is 383 g/mol. The summed E-state index contributed by atoms with van der Waals surface area (Å²) in [5.74, 6) is 0.0250. The van der Waals surface area contributed by atoms with Crippen molar-refractivity contribution >= 4 is 28.5 Å². The molecule has 0 aliphatic carbocycles. The SMILES string of the molecule is O=C(N[C@@H](Cc1ccc2ccccc2c1)[C@H](O)CCl)OCc1ccccc1. The molecular weight excluding hydrogens is 362 g/mol. The molecule has 3 aromatic carbocycles. The van der Waals surface area contributed by atoms with E-state index < -0.39 is 18.2 Å². The quantitative estimate of drug-likeness (QED) is 0.599. The van der Waals surface area contributed by atoms with E-state index in [0.717, 1.165) is 21.9 Å². The van der Waals surface area contributed by atoms with Crippen LogP contribution in [-0.4, -0.2) is 29.2 Å². The lowest BCUT2D eigenvalue weighted by atomic mass is 9.99. The lowest BCUT2D eigenvalue weighted by Gasteiger charge is -2.22. The van der Waals surface area contributed by atoms with Crippen molar-refractivity contribution < 1.29 is 14.6 Å². The van der Waals surface area contributed by atoms with E-state index in [9.17, 15) is 9.90 Å². The van der Waals surface area contributed by atoms with Gasteiger partial charge < -0.3 is 15.2 Å². The van der Waals surface area contributed by atoms with Crippen LogP contribution in [0.1, 0.15) is 11.1 Å². The Balaban J connectivity index is 1.64. The van der Waals surface area contributed by atoms with Gasteiger partial charge in [0.1, 0.15) is 6.61 Å². The van der Waals surface area contributed by atoms with E-state index in [2.05, 4.69) is 11.4 Å². The first-order valence-corrected chi connectivity index (χ1v) is 9.38. The van der Waals surface area contributed by atoms with Crippen LogP contribution in [0.15, 0.2) is 72.8 Å². The first-order chi connectivity index (χ1) is 13.2. The summed E-state index contributed by atoms with van der Waals surface area (Å²) in [5.41, 5.74) is 1.91. The second-order valence-electron chi connectivity index (χ2n) is 6.42. The van der Waals surface area contributed by atoms with E-state index in [4.69, 9.17) is 16.3 Å². The van der Waals surface area contributed by atoms with Crippen LogP contribution in [-0.2, 0) is 17.8 Å². The molecule has 3 aromatic rings. The molecule has 2 N–H and O–H groups in total. The molecule has 3 rings (SSSR count). The zero-order valence-corrected chi connectivity index (χ0v) is 15.6. The molecule has 0 bridgehead atoms. The maximum Gasteiger partial charge on any atom is 0.407 e. The number of aliphatic hydroxyl groups is 1. The molecule has 2 atom stereocenters. The van der Waals surface area contributed by atoms with Crippen LogP contribution in [0.25, 0.3) is 10.8 Å². The molecule has 0 saturated carbocycles. The van der Waals surface area contributed by atoms with Gasteiger partial charge in [-0.3, -0.25) is 0 Å². The highest BCUT2D eigenvalue weighted by atomic mass is 35.5. The lowest BCUT2D eigenvalue weighted by molar-refractivity contribution is 0.110. The third-order valence-corrected chi connectivity index (χ3v) is 4.72. The number of amides is 1. The highest BCUT2D eigenvalue weighted by molar-refractivity contribution is 6.18. The van der Waals surface area contributed by atoms with Gasteiger partial charge in [-0.1, -0.05) is 72.8 Å². The number of alkyl carbamates (subject to hydrolysis) is 1. The normalized spacial score (nSPS) is 13.1. The Bertz CT molecular complexity index is 885. The molecule has 0 heterocycles. The van der Waals surface area contributed by atoms with Gasteiger partial charge in [0.25, 0.3) is 0 Å². The number of hydrogen-bond acceptors (Lipinski definition) is 3. The van der Waals surface area contributed by atoms with Crippen LogP contribution in [0, 0.1) is 0 Å². The molecular formula is C22H22ClNO3. The van der Waals surface area contributed by atoms with E-state index in [1.807, 2.05) is 66.7 Å². The zero-order chi connectivity index (χ0) is 19.1. The largest absolute Gasteiger partial charge is 0.445 e. The van der Waals surface area contributed by atoms with Gasteiger partial charge in [0.15, 0.2) is 0 Å². The molecule has 4 nitrogen and oxygen atoms in total. The van der Waals surface area contributed by atoms with Gasteiger partial charge in [0.2, 0.25) is 0 Å². The summed E-state index contributed by atoms with van der Waals surface area (Å²) in [6.07, 6.45) is -0.990. The van der Waals surface area contributed by atoms with Crippen molar-refractivity contribution in [2.75, 3.05) is 5.88 Å². The Morgan fingerprint density at radius 2 is 1.67 bits per heavy atom. The van der Waals surface area contributed by atoms with Crippen molar-refractivity contribution in [1.29, 1.82) is 0 Å². The number of aliphatic hydroxyl groups excluding tert-OH is 1. The molecule has 0 aliphatic heterocycles. The second kappa shape index (κ2) is 9.40. The fraction of sp³-hybridized carbons (Fsp3) is 0.227. The molecule has 0 radical (unpaired) electrons. The number of carbonyl (C=O) groups excluding carboxylic acids is 1. The summed E-state index contributed by atoms with van der Waals surface area (Å²) in [4.78, 5) is 12.2. The smallest absolute Gasteiger partial charge is 0.407 e. The Hall–Kier alpha value is -2.56. The fourth-order valence-corrected chi connectivity index (χ4v) is 3.14. The minimum atomic E-state index is -0.873. The van der Waals surface area contributed by atoms with E-state index in [1.54, 1.807) is 0 Å². The summed E-state index contributed by atoms with van der Waals surface area (Å²) in [6.45, 7) is 0.173. The van der Waals surface area contributed by atoms with Crippen LogP contribution in [0.5, 0.6) is 0 Å². The minimum absolute atomic E-state index is 0.0250. The van der Waals surface area contributed by atoms with E-state index in [0.29, 0.717) is 6.42 Å². The summed E-state index contributed by atoms with van der Waals surface area (Å²) < 4.78 is 5.26. The Labute approximate surface area is 163 Å². The van der Waals surface area contributed by atoms with Crippen molar-refractivity contribution in [2.45, 2.75) is 25.2 Å². The summed E-state index contributed by atoms with van der Waals surface area (Å²) in [7, 11) is 0. The number of nitrogens with one attached hydrogen (secondary N) is 1. The molecule has 0 aliphatic rings. The van der Waals surface area contributed by atoms with Crippen LogP contribution in [0.4, 0.5) is 4.79 Å². The average Bonchev–Trinajstić information content (AvgIpc) is 2.72. The van der Waals surface area contributed by atoms with Gasteiger partial charge >= 0.3 is 6.09 Å². The minimum Gasteiger partial charge on any atom is -0.445 e. The maximum absolute atomic E-state index is 12.2. The summed E-state index contributed by atoms with van der Waals surface area (Å²) in [6, 6.07) is 23.0. The van der Waals surface area contributed by atoms with Gasteiger partial charge in [0.05, 0.1) is 18.0 Å². The molecule has 0 fully saturated rings. The molecule has 5 heteroatoms. The summed E-state index contributed by atoms with van der Waals surface area (Å²) in [5, 5.41) is 15.2. The van der Waals surface area contributed by atoms with Crippen LogP contribution in [0.2, 0.25) is 0 Å². The Morgan fingerprint density at radius 3 is 2.41 bits per heavy atom. The number of ether oxygens (including phenoxy) is 1. The standard InChI is InChI=1S/C22H22ClNO3/c23-14-21(25)20(24-22(26)27-15-16-6-2-1-3-7-16)13-17-10-11-18-8-4-5-9-19(18)12-17/h1-12,20-21,25H,13-15H2,(H,24,26)/t20-,21+/m0/s1. The molecule has 1 amide bonds. The molecule has 0 aromatic heterocycles. The van der Waals surface area contributed by atoms with E-state index in [1.165, 1.54) is 0 Å². The summed E-state index contributed by atoms with van der Waals surface area (Å²) >= 11 is 5.82. The number of rotatable bonds is 7. The highest BCUT2D eigenvalue weighted by Crippen LogP contribution is 2.17. The number of halogens is 1. The number of alkyl halides is 1. The van der Waals surface area contributed by atoms with Crippen LogP contribution in [0.3, 0.4) is 0 Å². The molecule has 0 saturated heterocycles. The number of carbonyl (C=O) groups is 1. The van der Waals surface area contributed by atoms with Gasteiger partial charge in [-0.05, 0) is 28.3 Å². The number of benzene rings is 3.